The van der Waals surface area contributed by atoms with Crippen molar-refractivity contribution in [2.24, 2.45) is 0 Å². The third kappa shape index (κ3) is 4.31. The SMILES string of the molecule is COc1c(NCCCNc2c(NC[C@H]3O[C@@H](n4cnc5c(=O)[nH]c(N)nc54)[C@H](O)[C@@H]3O)c(=O)c2=O)c(=O)c1=O. The number of nitrogen functional groups attached to an aromatic ring is 1. The number of ether oxygens (including phenoxy) is 2. The molecule has 206 valence electrons. The van der Waals surface area contributed by atoms with Crippen molar-refractivity contribution in [2.45, 2.75) is 31.0 Å². The molecule has 0 bridgehead atoms. The van der Waals surface area contributed by atoms with E-state index in [0.29, 0.717) is 13.0 Å². The van der Waals surface area contributed by atoms with E-state index in [-0.39, 0.29) is 53.0 Å². The van der Waals surface area contributed by atoms with Crippen LogP contribution in [-0.4, -0.2) is 74.8 Å². The summed E-state index contributed by atoms with van der Waals surface area (Å²) in [6, 6.07) is 0. The summed E-state index contributed by atoms with van der Waals surface area (Å²) in [5.41, 5.74) is 2.36. The number of nitrogens with two attached hydrogens (primary N) is 1. The molecule has 1 saturated heterocycles. The van der Waals surface area contributed by atoms with Crippen LogP contribution in [0.4, 0.5) is 23.0 Å². The van der Waals surface area contributed by atoms with Crippen molar-refractivity contribution in [3.8, 4) is 5.75 Å². The maximum absolute atomic E-state index is 12.1. The lowest BCUT2D eigenvalue weighted by molar-refractivity contribution is -0.0312. The number of nitrogens with one attached hydrogen (secondary N) is 4. The molecule has 17 nitrogen and oxygen atoms in total. The molecule has 1 aliphatic heterocycles. The number of anilines is 4. The van der Waals surface area contributed by atoms with E-state index in [1.807, 2.05) is 0 Å². The molecular formula is C22H24N8O9. The molecule has 8 N–H and O–H groups in total. The van der Waals surface area contributed by atoms with E-state index in [4.69, 9.17) is 15.2 Å². The number of hydrogen-bond acceptors (Lipinski definition) is 15. The maximum Gasteiger partial charge on any atom is 0.280 e. The van der Waals surface area contributed by atoms with Gasteiger partial charge in [0.25, 0.3) is 27.3 Å². The van der Waals surface area contributed by atoms with Gasteiger partial charge < -0.3 is 41.4 Å². The molecule has 0 unspecified atom stereocenters. The van der Waals surface area contributed by atoms with Gasteiger partial charge in [-0.2, -0.15) is 4.98 Å². The van der Waals surface area contributed by atoms with Crippen molar-refractivity contribution in [3.63, 3.8) is 0 Å². The number of rotatable bonds is 11. The largest absolute Gasteiger partial charge is 0.491 e. The molecule has 39 heavy (non-hydrogen) atoms. The van der Waals surface area contributed by atoms with E-state index >= 15 is 0 Å². The van der Waals surface area contributed by atoms with Crippen LogP contribution in [-0.2, 0) is 4.74 Å². The number of aromatic amines is 1. The second-order valence-corrected chi connectivity index (χ2v) is 8.88. The van der Waals surface area contributed by atoms with Crippen LogP contribution in [0.2, 0.25) is 0 Å². The number of imidazole rings is 1. The summed E-state index contributed by atoms with van der Waals surface area (Å²) in [5, 5.41) is 29.5. The van der Waals surface area contributed by atoms with Crippen LogP contribution in [0.25, 0.3) is 11.2 Å². The van der Waals surface area contributed by atoms with Gasteiger partial charge in [-0.3, -0.25) is 33.5 Å². The van der Waals surface area contributed by atoms with Gasteiger partial charge >= 0.3 is 0 Å². The lowest BCUT2D eigenvalue weighted by Crippen LogP contribution is -2.41. The van der Waals surface area contributed by atoms with Gasteiger partial charge in [0.2, 0.25) is 5.95 Å². The fraction of sp³-hybridized carbons (Fsp3) is 0.409. The number of methoxy groups -OCH3 is 1. The Balaban J connectivity index is 1.18. The number of H-pyrrole nitrogens is 1. The first kappa shape index (κ1) is 26.0. The zero-order valence-corrected chi connectivity index (χ0v) is 20.4. The van der Waals surface area contributed by atoms with E-state index in [1.54, 1.807) is 0 Å². The number of aliphatic hydroxyl groups excluding tert-OH is 2. The summed E-state index contributed by atoms with van der Waals surface area (Å²) >= 11 is 0. The molecule has 0 aliphatic carbocycles. The van der Waals surface area contributed by atoms with Crippen molar-refractivity contribution >= 4 is 34.2 Å². The molecule has 17 heteroatoms. The predicted molar refractivity (Wildman–Crippen MR) is 138 cm³/mol. The first-order valence-corrected chi connectivity index (χ1v) is 11.8. The Morgan fingerprint density at radius 1 is 1.00 bits per heavy atom. The summed E-state index contributed by atoms with van der Waals surface area (Å²) in [5.74, 6) is -0.194. The highest BCUT2D eigenvalue weighted by Gasteiger charge is 2.44. The molecule has 1 aliphatic rings. The first-order chi connectivity index (χ1) is 18.6. The van der Waals surface area contributed by atoms with Gasteiger partial charge in [0.05, 0.1) is 13.4 Å². The molecule has 0 spiro atoms. The first-order valence-electron chi connectivity index (χ1n) is 11.8. The zero-order chi connectivity index (χ0) is 28.0. The smallest absolute Gasteiger partial charge is 0.280 e. The van der Waals surface area contributed by atoms with E-state index in [9.17, 15) is 34.2 Å². The highest BCUT2D eigenvalue weighted by atomic mass is 16.6. The van der Waals surface area contributed by atoms with Crippen LogP contribution in [0.15, 0.2) is 30.3 Å². The molecule has 0 saturated carbocycles. The number of nitrogens with zero attached hydrogens (tertiary/aromatic N) is 3. The molecule has 2 aromatic carbocycles. The maximum atomic E-state index is 12.1. The summed E-state index contributed by atoms with van der Waals surface area (Å²) in [4.78, 5) is 69.4. The average molecular weight is 544 g/mol. The standard InChI is InChI=1S/C22H24N8O9/c1-38-18-10(15(34)16(18)35)25-4-2-3-24-8-9(14(33)13(8)32)26-5-7-12(31)17(36)21(39-7)30-6-27-11-19(30)28-22(23)29-20(11)37/h6-7,12,17,21,24-26,31,36H,2-5H2,1H3,(H3,23,28,29,37)/t7-,12-,17-,21-/m1/s1. The number of fused-ring (bicyclic) bond motifs is 1. The summed E-state index contributed by atoms with van der Waals surface area (Å²) < 4.78 is 11.9. The minimum Gasteiger partial charge on any atom is -0.491 e. The molecule has 2 aromatic heterocycles. The van der Waals surface area contributed by atoms with Gasteiger partial charge in [-0.1, -0.05) is 0 Å². The number of hydrogen-bond donors (Lipinski definition) is 7. The van der Waals surface area contributed by atoms with Gasteiger partial charge in [-0.05, 0) is 6.42 Å². The third-order valence-electron chi connectivity index (χ3n) is 6.48. The monoisotopic (exact) mass is 544 g/mol. The van der Waals surface area contributed by atoms with Crippen LogP contribution in [0, 0.1) is 0 Å². The second-order valence-electron chi connectivity index (χ2n) is 8.88. The van der Waals surface area contributed by atoms with Gasteiger partial charge in [-0.15, -0.1) is 0 Å². The Labute approximate surface area is 216 Å². The molecule has 4 atom stereocenters. The minimum absolute atomic E-state index is 0.0000938. The quantitative estimate of drug-likeness (QED) is 0.0716. The molecule has 0 radical (unpaired) electrons. The Morgan fingerprint density at radius 3 is 2.33 bits per heavy atom. The summed E-state index contributed by atoms with van der Waals surface area (Å²) in [6.07, 6.45) is -3.33. The van der Waals surface area contributed by atoms with Gasteiger partial charge in [-0.25, -0.2) is 4.98 Å². The van der Waals surface area contributed by atoms with Crippen LogP contribution < -0.4 is 53.7 Å². The average Bonchev–Trinajstić information content (AvgIpc) is 3.46. The predicted octanol–water partition coefficient (Wildman–Crippen LogP) is -3.45. The molecule has 0 amide bonds. The van der Waals surface area contributed by atoms with E-state index in [2.05, 4.69) is 30.9 Å². The number of aromatic nitrogens is 4. The van der Waals surface area contributed by atoms with E-state index in [0.717, 1.165) is 0 Å². The van der Waals surface area contributed by atoms with Crippen molar-refractivity contribution in [3.05, 3.63) is 57.6 Å². The fourth-order valence-electron chi connectivity index (χ4n) is 4.43. The van der Waals surface area contributed by atoms with Crippen molar-refractivity contribution in [1.29, 1.82) is 0 Å². The van der Waals surface area contributed by atoms with Gasteiger partial charge in [0.1, 0.15) is 35.4 Å². The lowest BCUT2D eigenvalue weighted by atomic mass is 10.1. The van der Waals surface area contributed by atoms with Crippen LogP contribution in [0.1, 0.15) is 12.6 Å². The van der Waals surface area contributed by atoms with Crippen LogP contribution in [0.3, 0.4) is 0 Å². The normalized spacial score (nSPS) is 21.1. The molecule has 4 aromatic rings. The van der Waals surface area contributed by atoms with E-state index < -0.39 is 51.8 Å². The Kier molecular flexibility index (Phi) is 6.62. The molecular weight excluding hydrogens is 520 g/mol. The topological polar surface area (TPSA) is 253 Å². The van der Waals surface area contributed by atoms with Crippen molar-refractivity contribution in [1.82, 2.24) is 19.5 Å². The Bertz CT molecular complexity index is 1740. The van der Waals surface area contributed by atoms with Crippen molar-refractivity contribution in [2.75, 3.05) is 48.4 Å². The minimum atomic E-state index is -1.43. The second kappa shape index (κ2) is 9.93. The fourth-order valence-corrected chi connectivity index (χ4v) is 4.43. The summed E-state index contributed by atoms with van der Waals surface area (Å²) in [6.45, 7) is 0.419. The number of aliphatic hydroxyl groups is 2. The lowest BCUT2D eigenvalue weighted by Gasteiger charge is -2.19. The third-order valence-corrected chi connectivity index (χ3v) is 6.48. The van der Waals surface area contributed by atoms with Crippen LogP contribution >= 0.6 is 0 Å². The van der Waals surface area contributed by atoms with Crippen molar-refractivity contribution < 1.29 is 19.7 Å². The summed E-state index contributed by atoms with van der Waals surface area (Å²) in [7, 11) is 1.29. The highest BCUT2D eigenvalue weighted by Crippen LogP contribution is 2.31. The Morgan fingerprint density at radius 2 is 1.64 bits per heavy atom. The van der Waals surface area contributed by atoms with E-state index in [1.165, 1.54) is 18.0 Å². The molecule has 5 rings (SSSR count). The van der Waals surface area contributed by atoms with Gasteiger partial charge in [0.15, 0.2) is 23.1 Å². The van der Waals surface area contributed by atoms with Crippen LogP contribution in [0.5, 0.6) is 5.75 Å². The Hall–Kier alpha value is -4.61. The van der Waals surface area contributed by atoms with Gasteiger partial charge in [0, 0.05) is 19.6 Å². The highest BCUT2D eigenvalue weighted by molar-refractivity contribution is 5.74. The molecule has 3 heterocycles. The molecule has 1 fully saturated rings. The zero-order valence-electron chi connectivity index (χ0n) is 20.4.